The fourth-order valence-corrected chi connectivity index (χ4v) is 2.30. The Bertz CT molecular complexity index is 442. The van der Waals surface area contributed by atoms with Crippen LogP contribution in [0.25, 0.3) is 0 Å². The summed E-state index contributed by atoms with van der Waals surface area (Å²) in [5.41, 5.74) is 6.53. The van der Waals surface area contributed by atoms with Gasteiger partial charge in [-0.1, -0.05) is 6.07 Å². The van der Waals surface area contributed by atoms with E-state index in [-0.39, 0.29) is 5.82 Å². The van der Waals surface area contributed by atoms with Gasteiger partial charge in [-0.15, -0.1) is 11.3 Å². The minimum atomic E-state index is -0.126. The van der Waals surface area contributed by atoms with E-state index >= 15 is 0 Å². The summed E-state index contributed by atoms with van der Waals surface area (Å²) in [7, 11) is 0. The van der Waals surface area contributed by atoms with Crippen molar-refractivity contribution in [1.82, 2.24) is 4.98 Å². The van der Waals surface area contributed by atoms with Gasteiger partial charge in [-0.2, -0.15) is 0 Å². The van der Waals surface area contributed by atoms with Gasteiger partial charge in [0.2, 0.25) is 0 Å². The standard InChI is InChI=1S/C11H11FN2S/c1-7-10(12)5-9(15-7)4-8-2-3-11(13)14-6-8/h2-3,5-6H,4H2,1H3,(H2,13,14). The molecular weight excluding hydrogens is 211 g/mol. The van der Waals surface area contributed by atoms with E-state index in [0.717, 1.165) is 15.3 Å². The van der Waals surface area contributed by atoms with Crippen LogP contribution >= 0.6 is 11.3 Å². The highest BCUT2D eigenvalue weighted by Crippen LogP contribution is 2.22. The molecule has 2 aromatic heterocycles. The van der Waals surface area contributed by atoms with Crippen LogP contribution in [0, 0.1) is 12.7 Å². The summed E-state index contributed by atoms with van der Waals surface area (Å²) < 4.78 is 13.1. The average molecular weight is 222 g/mol. The first-order chi connectivity index (χ1) is 7.15. The molecule has 0 aliphatic rings. The first-order valence-corrected chi connectivity index (χ1v) is 5.42. The van der Waals surface area contributed by atoms with Crippen LogP contribution < -0.4 is 5.73 Å². The number of hydrogen-bond donors (Lipinski definition) is 1. The molecule has 2 rings (SSSR count). The van der Waals surface area contributed by atoms with Crippen molar-refractivity contribution in [2.75, 3.05) is 5.73 Å². The minimum absolute atomic E-state index is 0.126. The number of thiophene rings is 1. The van der Waals surface area contributed by atoms with Gasteiger partial charge in [0.25, 0.3) is 0 Å². The third kappa shape index (κ3) is 2.33. The molecule has 0 aliphatic carbocycles. The molecule has 78 valence electrons. The molecule has 0 aliphatic heterocycles. The zero-order valence-electron chi connectivity index (χ0n) is 8.33. The smallest absolute Gasteiger partial charge is 0.137 e. The number of rotatable bonds is 2. The predicted octanol–water partition coefficient (Wildman–Crippen LogP) is 2.76. The van der Waals surface area contributed by atoms with Crippen LogP contribution in [0.3, 0.4) is 0 Å². The van der Waals surface area contributed by atoms with Crippen molar-refractivity contribution in [3.63, 3.8) is 0 Å². The van der Waals surface area contributed by atoms with Crippen molar-refractivity contribution >= 4 is 17.2 Å². The molecular formula is C11H11FN2S. The fourth-order valence-electron chi connectivity index (χ4n) is 1.35. The van der Waals surface area contributed by atoms with Crippen LogP contribution in [0.15, 0.2) is 24.4 Å². The molecule has 0 spiro atoms. The van der Waals surface area contributed by atoms with Crippen molar-refractivity contribution < 1.29 is 4.39 Å². The molecule has 0 saturated heterocycles. The summed E-state index contributed by atoms with van der Waals surface area (Å²) in [6, 6.07) is 5.25. The van der Waals surface area contributed by atoms with Gasteiger partial charge in [0.05, 0.1) is 0 Å². The van der Waals surface area contributed by atoms with Crippen molar-refractivity contribution in [3.8, 4) is 0 Å². The number of aryl methyl sites for hydroxylation is 1. The molecule has 0 bridgehead atoms. The van der Waals surface area contributed by atoms with Crippen LogP contribution in [-0.2, 0) is 6.42 Å². The van der Waals surface area contributed by atoms with E-state index in [0.29, 0.717) is 12.2 Å². The van der Waals surface area contributed by atoms with Crippen molar-refractivity contribution in [2.45, 2.75) is 13.3 Å². The number of hydrogen-bond acceptors (Lipinski definition) is 3. The number of anilines is 1. The Morgan fingerprint density at radius 2 is 2.27 bits per heavy atom. The summed E-state index contributed by atoms with van der Waals surface area (Å²) in [4.78, 5) is 5.73. The zero-order chi connectivity index (χ0) is 10.8. The number of nitrogen functional groups attached to an aromatic ring is 1. The molecule has 2 N–H and O–H groups in total. The summed E-state index contributed by atoms with van der Waals surface area (Å²) in [5, 5.41) is 0. The Morgan fingerprint density at radius 3 is 2.80 bits per heavy atom. The lowest BCUT2D eigenvalue weighted by atomic mass is 10.2. The van der Waals surface area contributed by atoms with Crippen molar-refractivity contribution in [1.29, 1.82) is 0 Å². The lowest BCUT2D eigenvalue weighted by molar-refractivity contribution is 0.625. The summed E-state index contributed by atoms with van der Waals surface area (Å²) in [5.74, 6) is 0.380. The molecule has 0 fully saturated rings. The topological polar surface area (TPSA) is 38.9 Å². The normalized spacial score (nSPS) is 10.5. The highest BCUT2D eigenvalue weighted by molar-refractivity contribution is 7.11. The minimum Gasteiger partial charge on any atom is -0.384 e. The van der Waals surface area contributed by atoms with Crippen LogP contribution in [-0.4, -0.2) is 4.98 Å². The first kappa shape index (κ1) is 10.1. The Kier molecular flexibility index (Phi) is 2.68. The number of nitrogens with two attached hydrogens (primary N) is 1. The average Bonchev–Trinajstić information content (AvgIpc) is 2.50. The SMILES string of the molecule is Cc1sc(Cc2ccc(N)nc2)cc1F. The summed E-state index contributed by atoms with van der Waals surface area (Å²) in [6.07, 6.45) is 2.44. The molecule has 4 heteroatoms. The van der Waals surface area contributed by atoms with E-state index in [9.17, 15) is 4.39 Å². The second kappa shape index (κ2) is 3.98. The molecule has 2 aromatic rings. The first-order valence-electron chi connectivity index (χ1n) is 4.60. The Morgan fingerprint density at radius 1 is 1.47 bits per heavy atom. The van der Waals surface area contributed by atoms with E-state index in [1.807, 2.05) is 6.07 Å². The van der Waals surface area contributed by atoms with E-state index in [1.54, 1.807) is 25.3 Å². The number of aromatic nitrogens is 1. The van der Waals surface area contributed by atoms with E-state index in [4.69, 9.17) is 5.73 Å². The number of halogens is 1. The van der Waals surface area contributed by atoms with Gasteiger partial charge in [-0.25, -0.2) is 9.37 Å². The molecule has 0 aromatic carbocycles. The molecule has 2 nitrogen and oxygen atoms in total. The summed E-state index contributed by atoms with van der Waals surface area (Å²) >= 11 is 1.48. The fraction of sp³-hybridized carbons (Fsp3) is 0.182. The molecule has 0 atom stereocenters. The van der Waals surface area contributed by atoms with Crippen LogP contribution in [0.4, 0.5) is 10.2 Å². The van der Waals surface area contributed by atoms with Gasteiger partial charge in [-0.3, -0.25) is 0 Å². The number of pyridine rings is 1. The highest BCUT2D eigenvalue weighted by atomic mass is 32.1. The molecule has 0 saturated carbocycles. The largest absolute Gasteiger partial charge is 0.384 e. The predicted molar refractivity (Wildman–Crippen MR) is 60.5 cm³/mol. The van der Waals surface area contributed by atoms with Gasteiger partial charge in [0, 0.05) is 22.4 Å². The third-order valence-electron chi connectivity index (χ3n) is 2.13. The highest BCUT2D eigenvalue weighted by Gasteiger charge is 2.05. The zero-order valence-corrected chi connectivity index (χ0v) is 9.14. The van der Waals surface area contributed by atoms with Gasteiger partial charge in [-0.05, 0) is 24.6 Å². The maximum Gasteiger partial charge on any atom is 0.137 e. The van der Waals surface area contributed by atoms with Crippen LogP contribution in [0.2, 0.25) is 0 Å². The maximum absolute atomic E-state index is 13.1. The van der Waals surface area contributed by atoms with Crippen LogP contribution in [0.1, 0.15) is 15.3 Å². The Labute approximate surface area is 91.6 Å². The molecule has 15 heavy (non-hydrogen) atoms. The van der Waals surface area contributed by atoms with Gasteiger partial charge in [0.1, 0.15) is 11.6 Å². The van der Waals surface area contributed by atoms with Gasteiger partial charge in [0.15, 0.2) is 0 Å². The quantitative estimate of drug-likeness (QED) is 0.848. The monoisotopic (exact) mass is 222 g/mol. The Hall–Kier alpha value is -1.42. The summed E-state index contributed by atoms with van der Waals surface area (Å²) in [6.45, 7) is 1.78. The number of nitrogens with zero attached hydrogens (tertiary/aromatic N) is 1. The van der Waals surface area contributed by atoms with E-state index < -0.39 is 0 Å². The van der Waals surface area contributed by atoms with Crippen molar-refractivity contribution in [3.05, 3.63) is 45.5 Å². The van der Waals surface area contributed by atoms with E-state index in [1.165, 1.54) is 11.3 Å². The van der Waals surface area contributed by atoms with Crippen LogP contribution in [0.5, 0.6) is 0 Å². The molecule has 0 unspecified atom stereocenters. The van der Waals surface area contributed by atoms with Gasteiger partial charge >= 0.3 is 0 Å². The van der Waals surface area contributed by atoms with Crippen molar-refractivity contribution in [2.24, 2.45) is 0 Å². The molecule has 0 radical (unpaired) electrons. The van der Waals surface area contributed by atoms with Gasteiger partial charge < -0.3 is 5.73 Å². The Balaban J connectivity index is 2.18. The second-order valence-corrected chi connectivity index (χ2v) is 4.73. The lowest BCUT2D eigenvalue weighted by Crippen LogP contribution is -1.91. The lowest BCUT2D eigenvalue weighted by Gasteiger charge is -1.98. The third-order valence-corrected chi connectivity index (χ3v) is 3.16. The molecule has 0 amide bonds. The maximum atomic E-state index is 13.1. The van der Waals surface area contributed by atoms with E-state index in [2.05, 4.69) is 4.98 Å². The second-order valence-electron chi connectivity index (χ2n) is 3.38. The molecule has 2 heterocycles.